The van der Waals surface area contributed by atoms with Gasteiger partial charge in [-0.3, -0.25) is 0 Å². The molecule has 0 atom stereocenters. The summed E-state index contributed by atoms with van der Waals surface area (Å²) in [4.78, 5) is 9.30. The lowest BCUT2D eigenvalue weighted by atomic mass is 10.1. The van der Waals surface area contributed by atoms with Gasteiger partial charge < -0.3 is 0 Å². The van der Waals surface area contributed by atoms with E-state index < -0.39 is 0 Å². The van der Waals surface area contributed by atoms with Crippen molar-refractivity contribution in [3.63, 3.8) is 0 Å². The maximum atomic E-state index is 4.70. The summed E-state index contributed by atoms with van der Waals surface area (Å²) < 4.78 is 0.982. The van der Waals surface area contributed by atoms with Gasteiger partial charge in [0.15, 0.2) is 0 Å². The van der Waals surface area contributed by atoms with Crippen molar-refractivity contribution in [1.82, 2.24) is 9.97 Å². The number of rotatable bonds is 2. The molecule has 2 nitrogen and oxygen atoms in total. The van der Waals surface area contributed by atoms with E-state index in [4.69, 9.17) is 4.98 Å². The highest BCUT2D eigenvalue weighted by Crippen LogP contribution is 2.17. The molecule has 0 N–H and O–H groups in total. The van der Waals surface area contributed by atoms with Crippen LogP contribution in [-0.2, 0) is 6.42 Å². The molecule has 0 spiro atoms. The second kappa shape index (κ2) is 5.02. The average molecular weight is 346 g/mol. The quantitative estimate of drug-likeness (QED) is 0.659. The molecule has 0 amide bonds. The predicted molar refractivity (Wildman–Crippen MR) is 81.5 cm³/mol. The molecule has 3 aromatic rings. The number of halogens is 1. The SMILES string of the molecule is Ic1nc2ccccc2nc1Cc1ccccc1. The van der Waals surface area contributed by atoms with Crippen LogP contribution in [0.3, 0.4) is 0 Å². The maximum absolute atomic E-state index is 4.70. The van der Waals surface area contributed by atoms with Gasteiger partial charge in [0.2, 0.25) is 0 Å². The first-order valence-corrected chi connectivity index (χ1v) is 6.86. The van der Waals surface area contributed by atoms with Crippen LogP contribution in [0.4, 0.5) is 0 Å². The summed E-state index contributed by atoms with van der Waals surface area (Å²) in [5, 5.41) is 0. The fourth-order valence-electron chi connectivity index (χ4n) is 1.92. The zero-order valence-electron chi connectivity index (χ0n) is 9.68. The van der Waals surface area contributed by atoms with Crippen LogP contribution in [0.5, 0.6) is 0 Å². The predicted octanol–water partition coefficient (Wildman–Crippen LogP) is 3.83. The third-order valence-electron chi connectivity index (χ3n) is 2.81. The summed E-state index contributed by atoms with van der Waals surface area (Å²) in [6.07, 6.45) is 0.830. The van der Waals surface area contributed by atoms with Crippen LogP contribution in [-0.4, -0.2) is 9.97 Å². The molecule has 0 radical (unpaired) electrons. The van der Waals surface area contributed by atoms with Crippen LogP contribution in [0.25, 0.3) is 11.0 Å². The van der Waals surface area contributed by atoms with Gasteiger partial charge in [0, 0.05) is 6.42 Å². The van der Waals surface area contributed by atoms with Crippen LogP contribution < -0.4 is 0 Å². The minimum absolute atomic E-state index is 0.830. The van der Waals surface area contributed by atoms with E-state index in [0.29, 0.717) is 0 Å². The molecule has 0 aliphatic rings. The molecule has 0 fully saturated rings. The molecule has 0 bridgehead atoms. The van der Waals surface area contributed by atoms with Gasteiger partial charge in [-0.2, -0.15) is 0 Å². The summed E-state index contributed by atoms with van der Waals surface area (Å²) in [5.41, 5.74) is 4.23. The minimum Gasteiger partial charge on any atom is -0.248 e. The Balaban J connectivity index is 2.04. The van der Waals surface area contributed by atoms with E-state index in [0.717, 1.165) is 26.8 Å². The molecule has 0 aliphatic carbocycles. The molecule has 3 heteroatoms. The topological polar surface area (TPSA) is 25.8 Å². The molecular formula is C15H11IN2. The van der Waals surface area contributed by atoms with Gasteiger partial charge in [-0.05, 0) is 40.3 Å². The minimum atomic E-state index is 0.830. The first-order valence-electron chi connectivity index (χ1n) is 5.78. The Hall–Kier alpha value is -1.49. The van der Waals surface area contributed by atoms with E-state index >= 15 is 0 Å². The lowest BCUT2D eigenvalue weighted by Gasteiger charge is -2.05. The highest BCUT2D eigenvalue weighted by molar-refractivity contribution is 14.1. The van der Waals surface area contributed by atoms with E-state index in [1.54, 1.807) is 0 Å². The van der Waals surface area contributed by atoms with Gasteiger partial charge in [-0.1, -0.05) is 42.5 Å². The summed E-state index contributed by atoms with van der Waals surface area (Å²) in [7, 11) is 0. The van der Waals surface area contributed by atoms with Crippen molar-refractivity contribution in [3.8, 4) is 0 Å². The average Bonchev–Trinajstić information content (AvgIpc) is 2.41. The summed E-state index contributed by atoms with van der Waals surface area (Å²) in [5.74, 6) is 0. The van der Waals surface area contributed by atoms with E-state index in [9.17, 15) is 0 Å². The largest absolute Gasteiger partial charge is 0.248 e. The van der Waals surface area contributed by atoms with Gasteiger partial charge in [0.25, 0.3) is 0 Å². The fourth-order valence-corrected chi connectivity index (χ4v) is 2.49. The van der Waals surface area contributed by atoms with Crippen molar-refractivity contribution >= 4 is 33.6 Å². The number of para-hydroxylation sites is 2. The van der Waals surface area contributed by atoms with E-state index in [2.05, 4.69) is 51.8 Å². The molecule has 1 aromatic heterocycles. The van der Waals surface area contributed by atoms with Gasteiger partial charge in [-0.15, -0.1) is 0 Å². The van der Waals surface area contributed by atoms with Crippen molar-refractivity contribution in [1.29, 1.82) is 0 Å². The molecule has 3 rings (SSSR count). The smallest absolute Gasteiger partial charge is 0.123 e. The molecule has 88 valence electrons. The van der Waals surface area contributed by atoms with E-state index in [-0.39, 0.29) is 0 Å². The maximum Gasteiger partial charge on any atom is 0.123 e. The second-order valence-electron chi connectivity index (χ2n) is 4.11. The number of benzene rings is 2. The third kappa shape index (κ3) is 2.36. The molecule has 0 saturated heterocycles. The second-order valence-corrected chi connectivity index (χ2v) is 5.13. The molecule has 2 aromatic carbocycles. The standard InChI is InChI=1S/C15H11IN2/c16-15-14(10-11-6-2-1-3-7-11)17-12-8-4-5-9-13(12)18-15/h1-9H,10H2. The Morgan fingerprint density at radius 3 is 2.11 bits per heavy atom. The zero-order chi connectivity index (χ0) is 12.4. The van der Waals surface area contributed by atoms with Gasteiger partial charge in [0.1, 0.15) is 3.70 Å². The lowest BCUT2D eigenvalue weighted by molar-refractivity contribution is 1.04. The molecule has 0 aliphatic heterocycles. The first-order chi connectivity index (χ1) is 8.83. The van der Waals surface area contributed by atoms with Crippen LogP contribution in [0.1, 0.15) is 11.3 Å². The molecule has 18 heavy (non-hydrogen) atoms. The van der Waals surface area contributed by atoms with Crippen LogP contribution in [0, 0.1) is 3.70 Å². The van der Waals surface area contributed by atoms with E-state index in [1.807, 2.05) is 30.3 Å². The Labute approximate surface area is 119 Å². The Morgan fingerprint density at radius 2 is 1.39 bits per heavy atom. The highest BCUT2D eigenvalue weighted by atomic mass is 127. The van der Waals surface area contributed by atoms with Crippen molar-refractivity contribution in [2.75, 3.05) is 0 Å². The van der Waals surface area contributed by atoms with Crippen molar-refractivity contribution < 1.29 is 0 Å². The first kappa shape index (κ1) is 11.6. The summed E-state index contributed by atoms with van der Waals surface area (Å²) >= 11 is 2.26. The van der Waals surface area contributed by atoms with Gasteiger partial charge in [0.05, 0.1) is 16.7 Å². The normalized spacial score (nSPS) is 10.7. The number of hydrogen-bond acceptors (Lipinski definition) is 2. The third-order valence-corrected chi connectivity index (χ3v) is 3.67. The highest BCUT2D eigenvalue weighted by Gasteiger charge is 2.06. The van der Waals surface area contributed by atoms with E-state index in [1.165, 1.54) is 5.56 Å². The Kier molecular flexibility index (Phi) is 3.23. The Morgan fingerprint density at radius 1 is 0.778 bits per heavy atom. The number of fused-ring (bicyclic) bond motifs is 1. The van der Waals surface area contributed by atoms with Gasteiger partial charge in [-0.25, -0.2) is 9.97 Å². The van der Waals surface area contributed by atoms with Gasteiger partial charge >= 0.3 is 0 Å². The van der Waals surface area contributed by atoms with Crippen LogP contribution in [0.15, 0.2) is 54.6 Å². The van der Waals surface area contributed by atoms with Crippen molar-refractivity contribution in [3.05, 3.63) is 69.6 Å². The number of hydrogen-bond donors (Lipinski definition) is 0. The van der Waals surface area contributed by atoms with Crippen molar-refractivity contribution in [2.45, 2.75) is 6.42 Å². The van der Waals surface area contributed by atoms with Crippen LogP contribution in [0.2, 0.25) is 0 Å². The zero-order valence-corrected chi connectivity index (χ0v) is 11.8. The summed E-state index contributed by atoms with van der Waals surface area (Å²) in [6.45, 7) is 0. The van der Waals surface area contributed by atoms with Crippen LogP contribution >= 0.6 is 22.6 Å². The summed E-state index contributed by atoms with van der Waals surface area (Å²) in [6, 6.07) is 18.4. The molecular weight excluding hydrogens is 335 g/mol. The monoisotopic (exact) mass is 346 g/mol. The molecule has 0 saturated carbocycles. The number of aromatic nitrogens is 2. The molecule has 1 heterocycles. The molecule has 0 unspecified atom stereocenters. The van der Waals surface area contributed by atoms with Crippen molar-refractivity contribution in [2.24, 2.45) is 0 Å². The Bertz CT molecular complexity index is 680. The number of nitrogens with zero attached hydrogens (tertiary/aromatic N) is 2. The fraction of sp³-hybridized carbons (Fsp3) is 0.0667. The lowest BCUT2D eigenvalue weighted by Crippen LogP contribution is -1.99.